The second-order valence-electron chi connectivity index (χ2n) is 4.85. The Hall–Kier alpha value is -2.02. The molecular weight excluding hydrogens is 322 g/mol. The second kappa shape index (κ2) is 5.31. The van der Waals surface area contributed by atoms with Gasteiger partial charge in [0.2, 0.25) is 10.0 Å². The van der Waals surface area contributed by atoms with Crippen molar-refractivity contribution in [3.05, 3.63) is 53.4 Å². The Bertz CT molecular complexity index is 987. The zero-order chi connectivity index (χ0) is 15.9. The predicted molar refractivity (Wildman–Crippen MR) is 86.1 cm³/mol. The molecule has 0 aliphatic rings. The Morgan fingerprint density at radius 2 is 1.95 bits per heavy atom. The molecular formula is C15H12ClN3O2S. The van der Waals surface area contributed by atoms with Gasteiger partial charge >= 0.3 is 0 Å². The predicted octanol–water partition coefficient (Wildman–Crippen LogP) is 2.91. The third-order valence-electron chi connectivity index (χ3n) is 3.27. The first-order valence-electron chi connectivity index (χ1n) is 6.41. The van der Waals surface area contributed by atoms with Crippen molar-refractivity contribution in [3.63, 3.8) is 0 Å². The number of nitrogens with zero attached hydrogens (tertiary/aromatic N) is 2. The molecule has 0 radical (unpaired) electrons. The van der Waals surface area contributed by atoms with Gasteiger partial charge in [0, 0.05) is 22.2 Å². The van der Waals surface area contributed by atoms with Crippen LogP contribution < -0.4 is 5.14 Å². The van der Waals surface area contributed by atoms with Crippen LogP contribution in [0.5, 0.6) is 0 Å². The summed E-state index contributed by atoms with van der Waals surface area (Å²) < 4.78 is 23.6. The lowest BCUT2D eigenvalue weighted by atomic mass is 10.0. The first kappa shape index (κ1) is 14.9. The lowest BCUT2D eigenvalue weighted by molar-refractivity contribution is 0.598. The first-order valence-corrected chi connectivity index (χ1v) is 8.34. The molecule has 22 heavy (non-hydrogen) atoms. The molecule has 0 atom stereocenters. The van der Waals surface area contributed by atoms with Crippen molar-refractivity contribution >= 4 is 32.5 Å². The minimum atomic E-state index is -3.88. The van der Waals surface area contributed by atoms with E-state index in [1.54, 1.807) is 43.5 Å². The largest absolute Gasteiger partial charge is 0.241 e. The van der Waals surface area contributed by atoms with Gasteiger partial charge in [0.05, 0.1) is 10.4 Å². The Labute approximate surface area is 132 Å². The number of aromatic nitrogens is 2. The van der Waals surface area contributed by atoms with Crippen LogP contribution in [0.4, 0.5) is 0 Å². The van der Waals surface area contributed by atoms with Crippen molar-refractivity contribution in [2.24, 2.45) is 5.14 Å². The van der Waals surface area contributed by atoms with E-state index in [9.17, 15) is 8.42 Å². The number of sulfonamides is 1. The zero-order valence-electron chi connectivity index (χ0n) is 11.6. The average Bonchev–Trinajstić information content (AvgIpc) is 2.45. The number of fused-ring (bicyclic) bond motifs is 1. The van der Waals surface area contributed by atoms with Gasteiger partial charge in [-0.3, -0.25) is 0 Å². The summed E-state index contributed by atoms with van der Waals surface area (Å²) in [7, 11) is -3.88. The summed E-state index contributed by atoms with van der Waals surface area (Å²) >= 11 is 6.20. The van der Waals surface area contributed by atoms with Crippen molar-refractivity contribution in [1.29, 1.82) is 0 Å². The van der Waals surface area contributed by atoms with E-state index in [2.05, 4.69) is 9.97 Å². The first-order chi connectivity index (χ1) is 10.4. The van der Waals surface area contributed by atoms with Gasteiger partial charge in [-0.25, -0.2) is 23.5 Å². The van der Waals surface area contributed by atoms with Crippen molar-refractivity contribution in [3.8, 4) is 11.1 Å². The fraction of sp³-hybridized carbons (Fsp3) is 0.0667. The van der Waals surface area contributed by atoms with Crippen LogP contribution in [0.2, 0.25) is 5.02 Å². The third kappa shape index (κ3) is 2.68. The number of rotatable bonds is 2. The van der Waals surface area contributed by atoms with Crippen molar-refractivity contribution < 1.29 is 8.42 Å². The quantitative estimate of drug-likeness (QED) is 0.781. The van der Waals surface area contributed by atoms with Crippen molar-refractivity contribution in [1.82, 2.24) is 9.97 Å². The summed E-state index contributed by atoms with van der Waals surface area (Å²) in [5, 5.41) is 6.40. The van der Waals surface area contributed by atoms with Gasteiger partial charge in [0.25, 0.3) is 0 Å². The van der Waals surface area contributed by atoms with Crippen LogP contribution in [-0.4, -0.2) is 18.4 Å². The molecule has 5 nitrogen and oxygen atoms in total. The minimum Gasteiger partial charge on any atom is -0.241 e. The number of primary sulfonamides is 1. The topological polar surface area (TPSA) is 85.9 Å². The van der Waals surface area contributed by atoms with E-state index < -0.39 is 10.0 Å². The molecule has 0 saturated heterocycles. The fourth-order valence-electron chi connectivity index (χ4n) is 2.30. The molecule has 112 valence electrons. The van der Waals surface area contributed by atoms with Gasteiger partial charge in [0.1, 0.15) is 5.82 Å². The van der Waals surface area contributed by atoms with Crippen LogP contribution in [0.1, 0.15) is 5.82 Å². The molecule has 0 bridgehead atoms. The maximum atomic E-state index is 11.8. The van der Waals surface area contributed by atoms with Gasteiger partial charge in [-0.05, 0) is 36.8 Å². The number of hydrogen-bond acceptors (Lipinski definition) is 4. The Balaban J connectivity index is 2.30. The molecule has 1 heterocycles. The maximum Gasteiger partial charge on any atom is 0.238 e. The van der Waals surface area contributed by atoms with E-state index in [1.165, 1.54) is 6.07 Å². The Kier molecular flexibility index (Phi) is 3.60. The van der Waals surface area contributed by atoms with E-state index in [-0.39, 0.29) is 4.90 Å². The summed E-state index contributed by atoms with van der Waals surface area (Å²) in [5.74, 6) is 0.670. The smallest absolute Gasteiger partial charge is 0.238 e. The van der Waals surface area contributed by atoms with E-state index in [1.807, 2.05) is 0 Å². The molecule has 0 saturated carbocycles. The molecule has 2 N–H and O–H groups in total. The zero-order valence-corrected chi connectivity index (χ0v) is 13.2. The van der Waals surface area contributed by atoms with Gasteiger partial charge in [-0.15, -0.1) is 0 Å². The summed E-state index contributed by atoms with van der Waals surface area (Å²) in [5.41, 5.74) is 1.81. The van der Waals surface area contributed by atoms with Crippen molar-refractivity contribution in [2.45, 2.75) is 11.8 Å². The summed E-state index contributed by atoms with van der Waals surface area (Å²) in [6, 6.07) is 9.98. The summed E-state index contributed by atoms with van der Waals surface area (Å²) in [6.45, 7) is 1.81. The molecule has 7 heteroatoms. The molecule has 2 aromatic carbocycles. The molecule has 1 aromatic heterocycles. The molecule has 0 amide bonds. The third-order valence-corrected chi connectivity index (χ3v) is 4.54. The Morgan fingerprint density at radius 3 is 2.68 bits per heavy atom. The number of nitrogens with two attached hydrogens (primary N) is 1. The molecule has 0 unspecified atom stereocenters. The monoisotopic (exact) mass is 333 g/mol. The highest BCUT2D eigenvalue weighted by atomic mass is 35.5. The highest BCUT2D eigenvalue weighted by Crippen LogP contribution is 2.34. The minimum absolute atomic E-state index is 0.00706. The standard InChI is InChI=1S/C15H12ClN3O2S/c1-9-18-8-11-7-10(5-6-13(11)19-9)15-12(16)3-2-4-14(15)22(17,20)21/h2-8H,1H3,(H2,17,20,21). The molecule has 0 fully saturated rings. The normalized spacial score (nSPS) is 11.8. The van der Waals surface area contributed by atoms with Gasteiger partial charge in [-0.2, -0.15) is 0 Å². The van der Waals surface area contributed by atoms with Gasteiger partial charge in [0.15, 0.2) is 0 Å². The molecule has 0 spiro atoms. The molecule has 0 aliphatic carbocycles. The summed E-state index contributed by atoms with van der Waals surface area (Å²) in [6.07, 6.45) is 1.69. The SMILES string of the molecule is Cc1ncc2cc(-c3c(Cl)cccc3S(N)(=O)=O)ccc2n1. The van der Waals surface area contributed by atoms with Crippen LogP contribution in [0.25, 0.3) is 22.0 Å². The van der Waals surface area contributed by atoms with Crippen LogP contribution in [-0.2, 0) is 10.0 Å². The maximum absolute atomic E-state index is 11.8. The van der Waals surface area contributed by atoms with E-state index >= 15 is 0 Å². The highest BCUT2D eigenvalue weighted by molar-refractivity contribution is 7.89. The molecule has 3 aromatic rings. The average molecular weight is 334 g/mol. The fourth-order valence-corrected chi connectivity index (χ4v) is 3.42. The lowest BCUT2D eigenvalue weighted by Crippen LogP contribution is -2.13. The van der Waals surface area contributed by atoms with Gasteiger partial charge < -0.3 is 0 Å². The number of benzene rings is 2. The van der Waals surface area contributed by atoms with E-state index in [0.717, 1.165) is 10.9 Å². The van der Waals surface area contributed by atoms with Crippen LogP contribution in [0.15, 0.2) is 47.5 Å². The Morgan fingerprint density at radius 1 is 1.18 bits per heavy atom. The van der Waals surface area contributed by atoms with Crippen LogP contribution >= 0.6 is 11.6 Å². The van der Waals surface area contributed by atoms with Crippen LogP contribution in [0.3, 0.4) is 0 Å². The lowest BCUT2D eigenvalue weighted by Gasteiger charge is -2.11. The number of halogens is 1. The van der Waals surface area contributed by atoms with E-state index in [4.69, 9.17) is 16.7 Å². The number of aryl methyl sites for hydroxylation is 1. The number of hydrogen-bond donors (Lipinski definition) is 1. The van der Waals surface area contributed by atoms with E-state index in [0.29, 0.717) is 22.0 Å². The van der Waals surface area contributed by atoms with Crippen molar-refractivity contribution in [2.75, 3.05) is 0 Å². The second-order valence-corrected chi connectivity index (χ2v) is 6.79. The van der Waals surface area contributed by atoms with Crippen LogP contribution in [0, 0.1) is 6.92 Å². The highest BCUT2D eigenvalue weighted by Gasteiger charge is 2.18. The van der Waals surface area contributed by atoms with Gasteiger partial charge in [-0.1, -0.05) is 23.7 Å². The summed E-state index contributed by atoms with van der Waals surface area (Å²) in [4.78, 5) is 8.46. The molecule has 3 rings (SSSR count). The molecule has 0 aliphatic heterocycles.